The van der Waals surface area contributed by atoms with E-state index in [0.717, 1.165) is 0 Å². The molecule has 1 unspecified atom stereocenters. The molecule has 4 N–H and O–H groups in total. The van der Waals surface area contributed by atoms with E-state index in [0.29, 0.717) is 5.75 Å². The Balaban J connectivity index is 2.67. The molecule has 1 rings (SSSR count). The molecule has 0 aromatic heterocycles. The second kappa shape index (κ2) is 7.44. The summed E-state index contributed by atoms with van der Waals surface area (Å²) in [6.07, 6.45) is -0.442. The number of hydrogen-bond acceptors (Lipinski definition) is 6. The maximum Gasteiger partial charge on any atom is 0.240 e. The van der Waals surface area contributed by atoms with E-state index in [4.69, 9.17) is 15.2 Å². The van der Waals surface area contributed by atoms with Crippen LogP contribution in [0.15, 0.2) is 23.1 Å². The highest BCUT2D eigenvalue weighted by Gasteiger charge is 2.16. The van der Waals surface area contributed by atoms with E-state index in [1.807, 2.05) is 0 Å². The average Bonchev–Trinajstić information content (AvgIpc) is 2.38. The van der Waals surface area contributed by atoms with E-state index in [9.17, 15) is 13.5 Å². The Bertz CT molecular complexity index is 533. The molecule has 114 valence electrons. The summed E-state index contributed by atoms with van der Waals surface area (Å²) in [6, 6.07) is 4.22. The van der Waals surface area contributed by atoms with Crippen molar-refractivity contribution < 1.29 is 23.0 Å². The Morgan fingerprint density at radius 1 is 1.40 bits per heavy atom. The molecule has 20 heavy (non-hydrogen) atoms. The molecule has 1 atom stereocenters. The van der Waals surface area contributed by atoms with Gasteiger partial charge in [-0.2, -0.15) is 0 Å². The molecule has 0 amide bonds. The third-order valence-corrected chi connectivity index (χ3v) is 4.10. The summed E-state index contributed by atoms with van der Waals surface area (Å²) < 4.78 is 36.1. The van der Waals surface area contributed by atoms with Gasteiger partial charge in [-0.05, 0) is 24.6 Å². The van der Waals surface area contributed by atoms with Gasteiger partial charge in [-0.1, -0.05) is 0 Å². The molecule has 0 radical (unpaired) electrons. The lowest BCUT2D eigenvalue weighted by atomic mass is 10.3. The van der Waals surface area contributed by atoms with Crippen molar-refractivity contribution in [1.29, 1.82) is 0 Å². The summed E-state index contributed by atoms with van der Waals surface area (Å²) in [7, 11) is -0.736. The Kier molecular flexibility index (Phi) is 6.21. The standard InChI is InChI=1S/C12H20N2O5S/c1-18-8-9(15)5-6-14-20(16,17)10-3-4-12(19-2)11(13)7-10/h3-4,7,9,14-15H,5-6,8,13H2,1-2H3. The number of ether oxygens (including phenoxy) is 2. The number of benzene rings is 1. The summed E-state index contributed by atoms with van der Waals surface area (Å²) in [4.78, 5) is 0.0528. The van der Waals surface area contributed by atoms with Crippen LogP contribution in [0.5, 0.6) is 5.75 Å². The topological polar surface area (TPSA) is 111 Å². The van der Waals surface area contributed by atoms with Gasteiger partial charge in [0.05, 0.1) is 30.4 Å². The molecule has 0 aliphatic carbocycles. The maximum atomic E-state index is 12.0. The predicted molar refractivity (Wildman–Crippen MR) is 75.1 cm³/mol. The number of sulfonamides is 1. The third kappa shape index (κ3) is 4.64. The first kappa shape index (κ1) is 16.7. The van der Waals surface area contributed by atoms with Crippen LogP contribution >= 0.6 is 0 Å². The lowest BCUT2D eigenvalue weighted by Crippen LogP contribution is -2.28. The summed E-state index contributed by atoms with van der Waals surface area (Å²) in [5.41, 5.74) is 5.92. The minimum absolute atomic E-state index is 0.0528. The van der Waals surface area contributed by atoms with Crippen molar-refractivity contribution in [3.05, 3.63) is 18.2 Å². The van der Waals surface area contributed by atoms with E-state index in [-0.39, 0.29) is 30.2 Å². The highest BCUT2D eigenvalue weighted by Crippen LogP contribution is 2.24. The van der Waals surface area contributed by atoms with Gasteiger partial charge in [-0.15, -0.1) is 0 Å². The number of methoxy groups -OCH3 is 2. The largest absolute Gasteiger partial charge is 0.495 e. The molecule has 0 saturated heterocycles. The lowest BCUT2D eigenvalue weighted by molar-refractivity contribution is 0.0603. The van der Waals surface area contributed by atoms with Gasteiger partial charge >= 0.3 is 0 Å². The van der Waals surface area contributed by atoms with Crippen LogP contribution in [-0.4, -0.2) is 47.0 Å². The second-order valence-electron chi connectivity index (χ2n) is 4.20. The van der Waals surface area contributed by atoms with Crippen LogP contribution in [0.1, 0.15) is 6.42 Å². The second-order valence-corrected chi connectivity index (χ2v) is 5.97. The van der Waals surface area contributed by atoms with Crippen LogP contribution in [0.3, 0.4) is 0 Å². The van der Waals surface area contributed by atoms with Gasteiger partial charge < -0.3 is 20.3 Å². The molecule has 1 aromatic carbocycles. The highest BCUT2D eigenvalue weighted by molar-refractivity contribution is 7.89. The Labute approximate surface area is 118 Å². The number of aliphatic hydroxyl groups is 1. The zero-order valence-electron chi connectivity index (χ0n) is 11.5. The summed E-state index contributed by atoms with van der Waals surface area (Å²) >= 11 is 0. The fourth-order valence-corrected chi connectivity index (χ4v) is 2.68. The van der Waals surface area contributed by atoms with E-state index in [1.165, 1.54) is 32.4 Å². The molecule has 0 fully saturated rings. The van der Waals surface area contributed by atoms with Crippen LogP contribution in [-0.2, 0) is 14.8 Å². The molecule has 7 nitrogen and oxygen atoms in total. The molecule has 0 heterocycles. The minimum Gasteiger partial charge on any atom is -0.495 e. The SMILES string of the molecule is COCC(O)CCNS(=O)(=O)c1ccc(OC)c(N)c1. The van der Waals surface area contributed by atoms with Gasteiger partial charge in [-0.25, -0.2) is 13.1 Å². The Morgan fingerprint density at radius 2 is 2.10 bits per heavy atom. The number of hydrogen-bond donors (Lipinski definition) is 3. The fourth-order valence-electron chi connectivity index (χ4n) is 1.60. The summed E-state index contributed by atoms with van der Waals surface area (Å²) in [6.45, 7) is 0.274. The minimum atomic E-state index is -3.66. The van der Waals surface area contributed by atoms with Crippen molar-refractivity contribution in [2.45, 2.75) is 17.4 Å². The van der Waals surface area contributed by atoms with Crippen molar-refractivity contribution >= 4 is 15.7 Å². The first-order valence-electron chi connectivity index (χ1n) is 6.01. The maximum absolute atomic E-state index is 12.0. The molecule has 1 aromatic rings. The predicted octanol–water partition coefficient (Wildman–Crippen LogP) is -0.0469. The Hall–Kier alpha value is -1.35. The van der Waals surface area contributed by atoms with E-state index < -0.39 is 16.1 Å². The van der Waals surface area contributed by atoms with Crippen molar-refractivity contribution in [2.75, 3.05) is 33.1 Å². The van der Waals surface area contributed by atoms with E-state index >= 15 is 0 Å². The van der Waals surface area contributed by atoms with Gasteiger partial charge in [0, 0.05) is 13.7 Å². The summed E-state index contributed by atoms with van der Waals surface area (Å²) in [5, 5.41) is 9.43. The number of aliphatic hydroxyl groups excluding tert-OH is 1. The van der Waals surface area contributed by atoms with Crippen LogP contribution in [0, 0.1) is 0 Å². The molecular weight excluding hydrogens is 284 g/mol. The van der Waals surface area contributed by atoms with Gasteiger partial charge in [0.25, 0.3) is 0 Å². The zero-order chi connectivity index (χ0) is 15.2. The molecule has 0 aliphatic heterocycles. The normalized spacial score (nSPS) is 13.2. The number of nitrogens with one attached hydrogen (secondary N) is 1. The van der Waals surface area contributed by atoms with E-state index in [1.54, 1.807) is 0 Å². The van der Waals surface area contributed by atoms with Gasteiger partial charge in [0.1, 0.15) is 5.75 Å². The molecule has 8 heteroatoms. The van der Waals surface area contributed by atoms with Gasteiger partial charge in [0.15, 0.2) is 0 Å². The van der Waals surface area contributed by atoms with Crippen LogP contribution < -0.4 is 15.2 Å². The monoisotopic (exact) mass is 304 g/mol. The fraction of sp³-hybridized carbons (Fsp3) is 0.500. The molecule has 0 aliphatic rings. The molecule has 0 bridgehead atoms. The van der Waals surface area contributed by atoms with E-state index in [2.05, 4.69) is 4.72 Å². The average molecular weight is 304 g/mol. The first-order chi connectivity index (χ1) is 9.40. The number of anilines is 1. The smallest absolute Gasteiger partial charge is 0.240 e. The Morgan fingerprint density at radius 3 is 2.65 bits per heavy atom. The van der Waals surface area contributed by atoms with Crippen LogP contribution in [0.2, 0.25) is 0 Å². The van der Waals surface area contributed by atoms with Gasteiger partial charge in [-0.3, -0.25) is 0 Å². The number of nitrogens with two attached hydrogens (primary N) is 1. The van der Waals surface area contributed by atoms with Gasteiger partial charge in [0.2, 0.25) is 10.0 Å². The number of rotatable bonds is 8. The van der Waals surface area contributed by atoms with Crippen LogP contribution in [0.4, 0.5) is 5.69 Å². The summed E-state index contributed by atoms with van der Waals surface area (Å²) in [5.74, 6) is 0.416. The van der Waals surface area contributed by atoms with Crippen molar-refractivity contribution in [3.8, 4) is 5.75 Å². The number of nitrogen functional groups attached to an aromatic ring is 1. The van der Waals surface area contributed by atoms with Crippen molar-refractivity contribution in [3.63, 3.8) is 0 Å². The van der Waals surface area contributed by atoms with Crippen molar-refractivity contribution in [1.82, 2.24) is 4.72 Å². The van der Waals surface area contributed by atoms with Crippen molar-refractivity contribution in [2.24, 2.45) is 0 Å². The molecule has 0 spiro atoms. The van der Waals surface area contributed by atoms with Crippen LogP contribution in [0.25, 0.3) is 0 Å². The molecular formula is C12H20N2O5S. The highest BCUT2D eigenvalue weighted by atomic mass is 32.2. The third-order valence-electron chi connectivity index (χ3n) is 2.64. The zero-order valence-corrected chi connectivity index (χ0v) is 12.3. The lowest BCUT2D eigenvalue weighted by Gasteiger charge is -2.11. The first-order valence-corrected chi connectivity index (χ1v) is 7.49. The molecule has 0 saturated carbocycles. The quantitative estimate of drug-likeness (QED) is 0.581.